The van der Waals surface area contributed by atoms with E-state index in [-0.39, 0.29) is 12.4 Å². The third-order valence-electron chi connectivity index (χ3n) is 2.93. The second-order valence-corrected chi connectivity index (χ2v) is 4.53. The van der Waals surface area contributed by atoms with Crippen LogP contribution in [0.5, 0.6) is 5.75 Å². The van der Waals surface area contributed by atoms with Crippen molar-refractivity contribution in [2.75, 3.05) is 7.11 Å². The number of ether oxygens (including phenoxy) is 2. The molecule has 0 heterocycles. The lowest BCUT2D eigenvalue weighted by Gasteiger charge is -2.06. The van der Waals surface area contributed by atoms with Crippen molar-refractivity contribution in [2.45, 2.75) is 13.0 Å². The van der Waals surface area contributed by atoms with Gasteiger partial charge in [0.2, 0.25) is 0 Å². The van der Waals surface area contributed by atoms with E-state index in [9.17, 15) is 4.79 Å². The van der Waals surface area contributed by atoms with Crippen LogP contribution in [0.3, 0.4) is 0 Å². The van der Waals surface area contributed by atoms with Gasteiger partial charge in [0.05, 0.1) is 13.5 Å². The fourth-order valence-electron chi connectivity index (χ4n) is 1.82. The molecule has 0 aliphatic rings. The van der Waals surface area contributed by atoms with Gasteiger partial charge in [0.25, 0.3) is 0 Å². The number of rotatable bonds is 6. The van der Waals surface area contributed by atoms with Gasteiger partial charge in [-0.1, -0.05) is 54.6 Å². The normalized spacial score (nSPS) is 10.5. The fraction of sp³-hybridized carbons (Fsp3) is 0.167. The molecule has 3 nitrogen and oxygen atoms in total. The molecule has 0 aromatic heterocycles. The molecule has 0 saturated carbocycles. The zero-order chi connectivity index (χ0) is 14.9. The minimum atomic E-state index is -0.247. The summed E-state index contributed by atoms with van der Waals surface area (Å²) in [4.78, 5) is 11.0. The molecule has 0 radical (unpaired) electrons. The lowest BCUT2D eigenvalue weighted by atomic mass is 10.2. The van der Waals surface area contributed by atoms with Crippen molar-refractivity contribution in [3.63, 3.8) is 0 Å². The van der Waals surface area contributed by atoms with Gasteiger partial charge in [-0.15, -0.1) is 0 Å². The zero-order valence-corrected chi connectivity index (χ0v) is 12.0. The van der Waals surface area contributed by atoms with Gasteiger partial charge >= 0.3 is 5.97 Å². The van der Waals surface area contributed by atoms with Crippen LogP contribution in [0.15, 0.2) is 60.7 Å². The van der Waals surface area contributed by atoms with Gasteiger partial charge in [-0.25, -0.2) is 0 Å². The first kappa shape index (κ1) is 14.9. The average Bonchev–Trinajstić information content (AvgIpc) is 2.54. The lowest BCUT2D eigenvalue weighted by molar-refractivity contribution is -0.139. The Bertz CT molecular complexity index is 603. The highest BCUT2D eigenvalue weighted by atomic mass is 16.5. The van der Waals surface area contributed by atoms with Crippen molar-refractivity contribution < 1.29 is 14.3 Å². The molecule has 0 atom stereocenters. The van der Waals surface area contributed by atoms with E-state index in [2.05, 4.69) is 4.74 Å². The second-order valence-electron chi connectivity index (χ2n) is 4.53. The Morgan fingerprint density at radius 3 is 2.67 bits per heavy atom. The van der Waals surface area contributed by atoms with E-state index in [1.54, 1.807) is 6.08 Å². The van der Waals surface area contributed by atoms with Gasteiger partial charge in [-0.2, -0.15) is 0 Å². The van der Waals surface area contributed by atoms with Crippen LogP contribution in [0.2, 0.25) is 0 Å². The Hall–Kier alpha value is -2.55. The minimum Gasteiger partial charge on any atom is -0.489 e. The van der Waals surface area contributed by atoms with E-state index >= 15 is 0 Å². The molecule has 0 fully saturated rings. The number of benzene rings is 2. The number of carbonyl (C=O) groups excluding carboxylic acids is 1. The Morgan fingerprint density at radius 2 is 1.90 bits per heavy atom. The van der Waals surface area contributed by atoms with Crippen molar-refractivity contribution in [1.29, 1.82) is 0 Å². The highest BCUT2D eigenvalue weighted by Crippen LogP contribution is 2.16. The Morgan fingerprint density at radius 1 is 1.10 bits per heavy atom. The summed E-state index contributed by atoms with van der Waals surface area (Å²) in [5.41, 5.74) is 2.12. The number of hydrogen-bond acceptors (Lipinski definition) is 3. The molecule has 2 aromatic rings. The highest BCUT2D eigenvalue weighted by Gasteiger charge is 1.97. The van der Waals surface area contributed by atoms with Crippen LogP contribution in [0.25, 0.3) is 6.08 Å². The van der Waals surface area contributed by atoms with E-state index in [1.165, 1.54) is 7.11 Å². The minimum absolute atomic E-state index is 0.247. The lowest BCUT2D eigenvalue weighted by Crippen LogP contribution is -1.96. The third kappa shape index (κ3) is 5.15. The predicted octanol–water partition coefficient (Wildman–Crippen LogP) is 3.84. The van der Waals surface area contributed by atoms with Gasteiger partial charge in [0, 0.05) is 0 Å². The Balaban J connectivity index is 1.93. The summed E-state index contributed by atoms with van der Waals surface area (Å²) in [7, 11) is 1.38. The number of carbonyl (C=O) groups is 1. The van der Waals surface area contributed by atoms with Crippen molar-refractivity contribution in [2.24, 2.45) is 0 Å². The quantitative estimate of drug-likeness (QED) is 0.755. The fourth-order valence-corrected chi connectivity index (χ4v) is 1.82. The first-order valence-corrected chi connectivity index (χ1v) is 6.78. The van der Waals surface area contributed by atoms with Gasteiger partial charge in [-0.3, -0.25) is 4.79 Å². The molecule has 21 heavy (non-hydrogen) atoms. The molecule has 0 bridgehead atoms. The van der Waals surface area contributed by atoms with Gasteiger partial charge < -0.3 is 9.47 Å². The molecule has 0 amide bonds. The van der Waals surface area contributed by atoms with Crippen LogP contribution in [-0.2, 0) is 16.1 Å². The summed E-state index contributed by atoms with van der Waals surface area (Å²) in [6.07, 6.45) is 3.93. The largest absolute Gasteiger partial charge is 0.489 e. The predicted molar refractivity (Wildman–Crippen MR) is 82.9 cm³/mol. The Labute approximate surface area is 124 Å². The number of methoxy groups -OCH3 is 1. The van der Waals surface area contributed by atoms with Gasteiger partial charge in [0.1, 0.15) is 12.4 Å². The first-order chi connectivity index (χ1) is 10.3. The maximum atomic E-state index is 11.0. The van der Waals surface area contributed by atoms with Crippen LogP contribution in [0, 0.1) is 0 Å². The zero-order valence-electron chi connectivity index (χ0n) is 12.0. The maximum Gasteiger partial charge on any atom is 0.309 e. The molecule has 0 unspecified atom stereocenters. The first-order valence-electron chi connectivity index (χ1n) is 6.78. The highest BCUT2D eigenvalue weighted by molar-refractivity contribution is 5.72. The molecule has 108 valence electrons. The summed E-state index contributed by atoms with van der Waals surface area (Å²) in [6, 6.07) is 17.8. The van der Waals surface area contributed by atoms with E-state index in [1.807, 2.05) is 60.7 Å². The van der Waals surface area contributed by atoms with Gasteiger partial charge in [-0.05, 0) is 23.3 Å². The van der Waals surface area contributed by atoms with E-state index < -0.39 is 0 Å². The Kier molecular flexibility index (Phi) is 5.59. The smallest absolute Gasteiger partial charge is 0.309 e. The van der Waals surface area contributed by atoms with E-state index in [0.29, 0.717) is 6.61 Å². The number of hydrogen-bond donors (Lipinski definition) is 0. The molecule has 0 saturated heterocycles. The summed E-state index contributed by atoms with van der Waals surface area (Å²) in [5.74, 6) is 0.557. The number of esters is 1. The summed E-state index contributed by atoms with van der Waals surface area (Å²) < 4.78 is 10.3. The average molecular weight is 282 g/mol. The van der Waals surface area contributed by atoms with Crippen LogP contribution >= 0.6 is 0 Å². The SMILES string of the molecule is COC(=O)CC=Cc1cccc(OCc2ccccc2)c1. The molecule has 2 aromatic carbocycles. The topological polar surface area (TPSA) is 35.5 Å². The monoisotopic (exact) mass is 282 g/mol. The van der Waals surface area contributed by atoms with E-state index in [4.69, 9.17) is 4.74 Å². The molecular weight excluding hydrogens is 264 g/mol. The molecule has 0 N–H and O–H groups in total. The molecule has 2 rings (SSSR count). The van der Waals surface area contributed by atoms with Crippen molar-refractivity contribution in [3.05, 3.63) is 71.8 Å². The van der Waals surface area contributed by atoms with Crippen molar-refractivity contribution >= 4 is 12.0 Å². The third-order valence-corrected chi connectivity index (χ3v) is 2.93. The molecule has 0 aliphatic heterocycles. The standard InChI is InChI=1S/C18H18O3/c1-20-18(19)12-6-10-15-9-5-11-17(13-15)21-14-16-7-3-2-4-8-16/h2-11,13H,12,14H2,1H3. The molecule has 0 spiro atoms. The van der Waals surface area contributed by atoms with Crippen LogP contribution in [-0.4, -0.2) is 13.1 Å². The molecule has 0 aliphatic carbocycles. The van der Waals surface area contributed by atoms with Crippen LogP contribution in [0.1, 0.15) is 17.5 Å². The van der Waals surface area contributed by atoms with E-state index in [0.717, 1.165) is 16.9 Å². The summed E-state index contributed by atoms with van der Waals surface area (Å²) in [6.45, 7) is 0.538. The van der Waals surface area contributed by atoms with Crippen molar-refractivity contribution in [3.8, 4) is 5.75 Å². The van der Waals surface area contributed by atoms with Crippen LogP contribution in [0.4, 0.5) is 0 Å². The second kappa shape index (κ2) is 7.90. The molecule has 3 heteroatoms. The maximum absolute atomic E-state index is 11.0. The van der Waals surface area contributed by atoms with Crippen molar-refractivity contribution in [1.82, 2.24) is 0 Å². The summed E-state index contributed by atoms with van der Waals surface area (Å²) in [5, 5.41) is 0. The van der Waals surface area contributed by atoms with Gasteiger partial charge in [0.15, 0.2) is 0 Å². The molecular formula is C18H18O3. The van der Waals surface area contributed by atoms with Crippen LogP contribution < -0.4 is 4.74 Å². The summed E-state index contributed by atoms with van der Waals surface area (Å²) >= 11 is 0.